The molecule has 272 valence electrons. The lowest BCUT2D eigenvalue weighted by Crippen LogP contribution is -2.44. The van der Waals surface area contributed by atoms with Gasteiger partial charge in [-0.25, -0.2) is 0 Å². The number of aryl methyl sites for hydroxylation is 2. The van der Waals surface area contributed by atoms with Crippen LogP contribution in [0.5, 0.6) is 23.0 Å². The summed E-state index contributed by atoms with van der Waals surface area (Å²) < 4.78 is 26.5. The zero-order chi connectivity index (χ0) is 37.1. The average molecular weight is 705 g/mol. The van der Waals surface area contributed by atoms with Gasteiger partial charge in [-0.15, -0.1) is 0 Å². The first-order valence-electron chi connectivity index (χ1n) is 19.3. The van der Waals surface area contributed by atoms with Gasteiger partial charge in [0.2, 0.25) is 0 Å². The third-order valence-electron chi connectivity index (χ3n) is 12.6. The fourth-order valence-electron chi connectivity index (χ4n) is 11.2. The van der Waals surface area contributed by atoms with Crippen molar-refractivity contribution in [1.29, 1.82) is 0 Å². The Morgan fingerprint density at radius 3 is 2.02 bits per heavy atom. The highest BCUT2D eigenvalue weighted by Gasteiger charge is 2.56. The molecule has 1 fully saturated rings. The molecule has 1 atom stereocenters. The van der Waals surface area contributed by atoms with E-state index in [0.717, 1.165) is 65.2 Å². The summed E-state index contributed by atoms with van der Waals surface area (Å²) in [5.41, 5.74) is 10.2. The van der Waals surface area contributed by atoms with Crippen LogP contribution in [0.25, 0.3) is 28.0 Å². The van der Waals surface area contributed by atoms with E-state index in [1.807, 2.05) is 12.1 Å². The molecule has 4 nitrogen and oxygen atoms in total. The standard InChI is InChI=1S/C49H52O4/c1-30-14-16-31(17-15-30)49(32-18-20-33(50-8)21-19-32)25-23-36-42-41(34-12-10-11-13-38(34)48(42)28-45(2,3)27-46(4,5)29-48)40-35-22-24-47(6,7)52-44(35)39(51-9)26-37(40)43(36)53-49/h10-21,23,25-26H,22,24,27-29H2,1-9H3. The quantitative estimate of drug-likeness (QED) is 0.187. The second kappa shape index (κ2) is 11.4. The van der Waals surface area contributed by atoms with Gasteiger partial charge < -0.3 is 18.9 Å². The van der Waals surface area contributed by atoms with E-state index >= 15 is 0 Å². The summed E-state index contributed by atoms with van der Waals surface area (Å²) in [4.78, 5) is 0. The maximum atomic E-state index is 7.79. The highest BCUT2D eigenvalue weighted by molar-refractivity contribution is 6.11. The van der Waals surface area contributed by atoms with Gasteiger partial charge in [-0.05, 0) is 110 Å². The van der Waals surface area contributed by atoms with Crippen LogP contribution in [0.4, 0.5) is 0 Å². The Morgan fingerprint density at radius 1 is 0.698 bits per heavy atom. The minimum absolute atomic E-state index is 0.138. The van der Waals surface area contributed by atoms with Gasteiger partial charge in [0.25, 0.3) is 0 Å². The number of hydrogen-bond donors (Lipinski definition) is 0. The molecule has 5 aromatic rings. The van der Waals surface area contributed by atoms with Crippen molar-refractivity contribution in [3.63, 3.8) is 0 Å². The second-order valence-corrected chi connectivity index (χ2v) is 18.4. The van der Waals surface area contributed by atoms with Gasteiger partial charge in [-0.1, -0.05) is 100.0 Å². The number of methoxy groups -OCH3 is 2. The van der Waals surface area contributed by atoms with Crippen molar-refractivity contribution in [2.75, 3.05) is 14.2 Å². The van der Waals surface area contributed by atoms with E-state index < -0.39 is 5.60 Å². The Bertz CT molecular complexity index is 2310. The molecule has 0 saturated heterocycles. The highest BCUT2D eigenvalue weighted by Crippen LogP contribution is 2.68. The molecule has 53 heavy (non-hydrogen) atoms. The minimum Gasteiger partial charge on any atom is -0.497 e. The van der Waals surface area contributed by atoms with Crippen LogP contribution in [0.15, 0.2) is 84.9 Å². The summed E-state index contributed by atoms with van der Waals surface area (Å²) in [6.45, 7) is 16.4. The Hall–Kier alpha value is -4.70. The number of benzene rings is 5. The smallest absolute Gasteiger partial charge is 0.178 e. The van der Waals surface area contributed by atoms with Crippen LogP contribution in [0, 0.1) is 17.8 Å². The van der Waals surface area contributed by atoms with E-state index in [2.05, 4.69) is 127 Å². The fraction of sp³-hybridized carbons (Fsp3) is 0.388. The number of rotatable bonds is 4. The molecule has 4 aliphatic rings. The topological polar surface area (TPSA) is 36.9 Å². The normalized spacial score (nSPS) is 22.2. The summed E-state index contributed by atoms with van der Waals surface area (Å²) in [6.07, 6.45) is 9.85. The van der Waals surface area contributed by atoms with E-state index in [1.165, 1.54) is 50.8 Å². The third kappa shape index (κ3) is 5.07. The zero-order valence-corrected chi connectivity index (χ0v) is 32.8. The molecule has 2 heterocycles. The van der Waals surface area contributed by atoms with Crippen molar-refractivity contribution in [2.45, 2.75) is 97.2 Å². The summed E-state index contributed by atoms with van der Waals surface area (Å²) in [6, 6.07) is 28.6. The Balaban J connectivity index is 1.43. The maximum Gasteiger partial charge on any atom is 0.178 e. The molecule has 2 aliphatic heterocycles. The van der Waals surface area contributed by atoms with E-state index in [9.17, 15) is 0 Å². The van der Waals surface area contributed by atoms with Crippen LogP contribution in [-0.2, 0) is 17.4 Å². The molecule has 1 saturated carbocycles. The summed E-state index contributed by atoms with van der Waals surface area (Å²) >= 11 is 0. The molecule has 0 aromatic heterocycles. The predicted octanol–water partition coefficient (Wildman–Crippen LogP) is 12.1. The summed E-state index contributed by atoms with van der Waals surface area (Å²) in [7, 11) is 3.47. The molecule has 0 bridgehead atoms. The van der Waals surface area contributed by atoms with Gasteiger partial charge in [0.05, 0.1) is 14.2 Å². The lowest BCUT2D eigenvalue weighted by molar-refractivity contribution is 0.0641. The maximum absolute atomic E-state index is 7.79. The summed E-state index contributed by atoms with van der Waals surface area (Å²) in [5, 5.41) is 2.33. The highest BCUT2D eigenvalue weighted by atomic mass is 16.5. The molecule has 9 rings (SSSR count). The van der Waals surface area contributed by atoms with Crippen molar-refractivity contribution in [2.24, 2.45) is 10.8 Å². The van der Waals surface area contributed by atoms with E-state index in [0.29, 0.717) is 0 Å². The molecule has 0 radical (unpaired) electrons. The Morgan fingerprint density at radius 2 is 1.36 bits per heavy atom. The monoisotopic (exact) mass is 704 g/mol. The number of hydrogen-bond acceptors (Lipinski definition) is 4. The van der Waals surface area contributed by atoms with Crippen molar-refractivity contribution in [3.05, 3.63) is 124 Å². The second-order valence-electron chi connectivity index (χ2n) is 18.4. The Labute approximate surface area is 315 Å². The molecule has 0 N–H and O–H groups in total. The predicted molar refractivity (Wildman–Crippen MR) is 216 cm³/mol. The van der Waals surface area contributed by atoms with Crippen LogP contribution in [-0.4, -0.2) is 19.8 Å². The third-order valence-corrected chi connectivity index (χ3v) is 12.6. The first-order valence-corrected chi connectivity index (χ1v) is 19.3. The SMILES string of the molecule is COc1ccc(C2(c3ccc(C)cc3)C=Cc3c4c(c5c6c(c(OC)cc5c3O2)OC(C)(C)CC6)-c2ccccc2C42CC(C)(C)CC(C)(C)C2)cc1. The minimum atomic E-state index is -0.876. The van der Waals surface area contributed by atoms with Gasteiger partial charge in [0.1, 0.15) is 17.1 Å². The van der Waals surface area contributed by atoms with Crippen LogP contribution in [0.3, 0.4) is 0 Å². The van der Waals surface area contributed by atoms with E-state index in [1.54, 1.807) is 14.2 Å². The van der Waals surface area contributed by atoms with Crippen LogP contribution in [0.2, 0.25) is 0 Å². The lowest BCUT2D eigenvalue weighted by atomic mass is 9.52. The molecule has 1 spiro atoms. The molecule has 5 aromatic carbocycles. The van der Waals surface area contributed by atoms with Gasteiger partial charge in [0, 0.05) is 38.4 Å². The Kier molecular flexibility index (Phi) is 7.33. The van der Waals surface area contributed by atoms with Gasteiger partial charge in [-0.3, -0.25) is 0 Å². The van der Waals surface area contributed by atoms with E-state index in [4.69, 9.17) is 18.9 Å². The van der Waals surface area contributed by atoms with Crippen molar-refractivity contribution in [1.82, 2.24) is 0 Å². The van der Waals surface area contributed by atoms with Crippen LogP contribution < -0.4 is 18.9 Å². The lowest BCUT2D eigenvalue weighted by Gasteiger charge is -2.52. The molecule has 2 aliphatic carbocycles. The molecule has 1 unspecified atom stereocenters. The zero-order valence-electron chi connectivity index (χ0n) is 32.8. The average Bonchev–Trinajstić information content (AvgIpc) is 3.37. The molecular formula is C49H52O4. The summed E-state index contributed by atoms with van der Waals surface area (Å²) in [5.74, 6) is 3.36. The molecule has 4 heteroatoms. The molecular weight excluding hydrogens is 653 g/mol. The number of ether oxygens (including phenoxy) is 4. The van der Waals surface area contributed by atoms with Gasteiger partial charge in [0.15, 0.2) is 17.1 Å². The first-order chi connectivity index (χ1) is 25.2. The van der Waals surface area contributed by atoms with Crippen LogP contribution >= 0.6 is 0 Å². The van der Waals surface area contributed by atoms with Crippen molar-refractivity contribution >= 4 is 16.8 Å². The van der Waals surface area contributed by atoms with Gasteiger partial charge in [-0.2, -0.15) is 0 Å². The van der Waals surface area contributed by atoms with Crippen molar-refractivity contribution < 1.29 is 18.9 Å². The molecule has 0 amide bonds. The number of fused-ring (bicyclic) bond motifs is 12. The fourth-order valence-corrected chi connectivity index (χ4v) is 11.2. The van der Waals surface area contributed by atoms with Crippen LogP contribution in [0.1, 0.15) is 106 Å². The first kappa shape index (κ1) is 34.1. The van der Waals surface area contributed by atoms with Crippen molar-refractivity contribution in [3.8, 4) is 34.1 Å². The van der Waals surface area contributed by atoms with Gasteiger partial charge >= 0.3 is 0 Å². The largest absolute Gasteiger partial charge is 0.497 e. The van der Waals surface area contributed by atoms with E-state index in [-0.39, 0.29) is 21.8 Å².